The summed E-state index contributed by atoms with van der Waals surface area (Å²) in [6.07, 6.45) is -8.54. The predicted octanol–water partition coefficient (Wildman–Crippen LogP) is 7.37. The molecule has 0 spiro atoms. The van der Waals surface area contributed by atoms with Gasteiger partial charge >= 0.3 is 18.4 Å². The van der Waals surface area contributed by atoms with Crippen LogP contribution in [0, 0.1) is 5.92 Å². The first-order chi connectivity index (χ1) is 20.1. The Labute approximate surface area is 256 Å². The molecule has 0 saturated carbocycles. The molecule has 14 heteroatoms. The lowest BCUT2D eigenvalue weighted by Gasteiger charge is -2.44. The second-order valence-electron chi connectivity index (χ2n) is 10.2. The molecule has 2 aromatic carbocycles. The molecule has 2 fully saturated rings. The highest BCUT2D eigenvalue weighted by Crippen LogP contribution is 2.38. The molecule has 6 nitrogen and oxygen atoms in total. The number of nitrogens with one attached hydrogen (secondary N) is 1. The summed E-state index contributed by atoms with van der Waals surface area (Å²) in [4.78, 5) is 30.8. The summed E-state index contributed by atoms with van der Waals surface area (Å²) in [6, 6.07) is 4.52. The van der Waals surface area contributed by atoms with Crippen LogP contribution in [0.5, 0.6) is 0 Å². The maximum atomic E-state index is 13.7. The van der Waals surface area contributed by atoms with E-state index < -0.39 is 41.2 Å². The number of alkyl halides is 6. The molecule has 2 aromatic rings. The van der Waals surface area contributed by atoms with Gasteiger partial charge in [-0.25, -0.2) is 4.79 Å². The first-order valence-electron chi connectivity index (χ1n) is 13.9. The summed E-state index contributed by atoms with van der Waals surface area (Å²) in [6.45, 7) is 5.78. The summed E-state index contributed by atoms with van der Waals surface area (Å²) < 4.78 is 80.7. The van der Waals surface area contributed by atoms with Crippen LogP contribution in [0.1, 0.15) is 43.4 Å². The molecule has 1 N–H and O–H groups in total. The molecule has 1 atom stereocenters. The number of carbonyl (C=O) groups excluding carboxylic acids is 2. The van der Waals surface area contributed by atoms with Gasteiger partial charge < -0.3 is 15.1 Å². The van der Waals surface area contributed by atoms with Gasteiger partial charge in [-0.1, -0.05) is 43.1 Å². The number of urea groups is 1. The van der Waals surface area contributed by atoms with E-state index in [0.29, 0.717) is 48.6 Å². The van der Waals surface area contributed by atoms with Crippen molar-refractivity contribution in [3.05, 3.63) is 63.1 Å². The van der Waals surface area contributed by atoms with Crippen molar-refractivity contribution in [3.8, 4) is 0 Å². The van der Waals surface area contributed by atoms with Gasteiger partial charge in [0.05, 0.1) is 27.2 Å². The summed E-state index contributed by atoms with van der Waals surface area (Å²) in [5, 5.41) is 3.80. The molecular weight excluding hydrogens is 621 g/mol. The maximum Gasteiger partial charge on any atom is 0.416 e. The van der Waals surface area contributed by atoms with Crippen LogP contribution in [-0.4, -0.2) is 67.6 Å². The van der Waals surface area contributed by atoms with Gasteiger partial charge in [-0.2, -0.15) is 26.3 Å². The second kappa shape index (κ2) is 14.4. The van der Waals surface area contributed by atoms with Crippen LogP contribution in [0.3, 0.4) is 0 Å². The number of piperidine rings is 1. The predicted molar refractivity (Wildman–Crippen MR) is 154 cm³/mol. The number of hydrogen-bond donors (Lipinski definition) is 1. The van der Waals surface area contributed by atoms with Crippen LogP contribution < -0.4 is 10.2 Å². The normalized spacial score (nSPS) is 18.2. The van der Waals surface area contributed by atoms with Gasteiger partial charge in [-0.15, -0.1) is 0 Å². The van der Waals surface area contributed by atoms with Crippen molar-refractivity contribution < 1.29 is 35.9 Å². The molecule has 2 aliphatic rings. The van der Waals surface area contributed by atoms with Gasteiger partial charge in [0.2, 0.25) is 5.91 Å². The van der Waals surface area contributed by atoms with E-state index in [2.05, 4.69) is 5.32 Å². The van der Waals surface area contributed by atoms with Crippen molar-refractivity contribution in [2.24, 2.45) is 5.92 Å². The Bertz CT molecular complexity index is 1250. The number of benzene rings is 2. The number of nitrogens with zero attached hydrogens (tertiary/aromatic N) is 3. The first kappa shape index (κ1) is 34.8. The number of halogens is 8. The van der Waals surface area contributed by atoms with E-state index in [0.717, 1.165) is 11.9 Å². The lowest BCUT2D eigenvalue weighted by Crippen LogP contribution is -2.60. The van der Waals surface area contributed by atoms with Gasteiger partial charge in [-0.3, -0.25) is 9.69 Å². The minimum Gasteiger partial charge on any atom is -0.339 e. The quantitative estimate of drug-likeness (QED) is 0.350. The molecule has 4 rings (SSSR count). The maximum absolute atomic E-state index is 13.7. The molecule has 238 valence electrons. The van der Waals surface area contributed by atoms with E-state index in [-0.39, 0.29) is 49.0 Å². The van der Waals surface area contributed by atoms with Crippen LogP contribution in [-0.2, 0) is 23.6 Å². The Morgan fingerprint density at radius 3 is 2.02 bits per heavy atom. The van der Waals surface area contributed by atoms with Crippen molar-refractivity contribution in [1.82, 2.24) is 15.1 Å². The minimum atomic E-state index is -5.06. The molecular formula is C29H34Cl2F6N4O2. The lowest BCUT2D eigenvalue weighted by atomic mass is 9.95. The largest absolute Gasteiger partial charge is 0.416 e. The zero-order valence-electron chi connectivity index (χ0n) is 24.0. The standard InChI is InChI=1S/C27H28Cl2F6N4O2.C2H6/c1-37(20-13-18(26(30,31)32)12-19(14-20)27(33,34)35)25(41)39-9-8-38(24(40)17-4-6-36-7-5-17)15-21(39)10-16-2-3-22(28)23(29)11-16;1-2/h2-3,11-14,17,21,36H,4-10,15H2,1H3;1-2H3/t21-;/m1./s1. The van der Waals surface area contributed by atoms with Crippen molar-refractivity contribution in [3.63, 3.8) is 0 Å². The summed E-state index contributed by atoms with van der Waals surface area (Å²) >= 11 is 12.2. The van der Waals surface area contributed by atoms with Crippen molar-refractivity contribution in [1.29, 1.82) is 0 Å². The summed E-state index contributed by atoms with van der Waals surface area (Å²) in [5.74, 6) is -0.212. The molecule has 0 aromatic heterocycles. The van der Waals surface area contributed by atoms with E-state index in [1.54, 1.807) is 23.1 Å². The third-order valence-electron chi connectivity index (χ3n) is 7.43. The number of piperazine rings is 1. The third kappa shape index (κ3) is 8.69. The fourth-order valence-electron chi connectivity index (χ4n) is 5.18. The van der Waals surface area contributed by atoms with Gasteiger partial charge in [-0.05, 0) is 68.2 Å². The Balaban J connectivity index is 0.00000248. The van der Waals surface area contributed by atoms with Crippen molar-refractivity contribution in [2.75, 3.05) is 44.7 Å². The Hall–Kier alpha value is -2.70. The third-order valence-corrected chi connectivity index (χ3v) is 8.17. The molecule has 3 amide bonds. The van der Waals surface area contributed by atoms with Crippen LogP contribution >= 0.6 is 23.2 Å². The molecule has 0 aliphatic carbocycles. The highest BCUT2D eigenvalue weighted by Gasteiger charge is 2.40. The number of anilines is 1. The van der Waals surface area contributed by atoms with Gasteiger partial charge in [0.15, 0.2) is 0 Å². The molecule has 0 radical (unpaired) electrons. The van der Waals surface area contributed by atoms with Crippen LogP contribution in [0.25, 0.3) is 0 Å². The number of hydrogen-bond acceptors (Lipinski definition) is 3. The van der Waals surface area contributed by atoms with Gasteiger partial charge in [0.1, 0.15) is 0 Å². The van der Waals surface area contributed by atoms with Crippen LogP contribution in [0.4, 0.5) is 36.8 Å². The summed E-state index contributed by atoms with van der Waals surface area (Å²) in [7, 11) is 1.13. The Morgan fingerprint density at radius 1 is 0.907 bits per heavy atom. The lowest BCUT2D eigenvalue weighted by molar-refractivity contribution is -0.143. The Morgan fingerprint density at radius 2 is 1.49 bits per heavy atom. The number of rotatable bonds is 4. The molecule has 43 heavy (non-hydrogen) atoms. The van der Waals surface area contributed by atoms with Crippen LogP contribution in [0.15, 0.2) is 36.4 Å². The smallest absolute Gasteiger partial charge is 0.339 e. The van der Waals surface area contributed by atoms with Gasteiger partial charge in [0, 0.05) is 38.3 Å². The average Bonchev–Trinajstić information content (AvgIpc) is 2.98. The van der Waals surface area contributed by atoms with Crippen molar-refractivity contribution >= 4 is 40.8 Å². The molecule has 2 aliphatic heterocycles. The highest BCUT2D eigenvalue weighted by atomic mass is 35.5. The zero-order valence-corrected chi connectivity index (χ0v) is 25.5. The SMILES string of the molecule is CC.CN(C(=O)N1CCN(C(=O)C2CCNCC2)C[C@H]1Cc1ccc(Cl)c(Cl)c1)c1cc(C(F)(F)F)cc(C(F)(F)F)c1. The first-order valence-corrected chi connectivity index (χ1v) is 14.7. The van der Waals surface area contributed by atoms with Crippen molar-refractivity contribution in [2.45, 2.75) is 51.5 Å². The van der Waals surface area contributed by atoms with E-state index >= 15 is 0 Å². The molecule has 2 heterocycles. The summed E-state index contributed by atoms with van der Waals surface area (Å²) in [5.41, 5.74) is -2.91. The minimum absolute atomic E-state index is 0.0139. The monoisotopic (exact) mass is 654 g/mol. The Kier molecular flexibility index (Phi) is 11.6. The van der Waals surface area contributed by atoms with E-state index in [4.69, 9.17) is 23.2 Å². The fraction of sp³-hybridized carbons (Fsp3) is 0.517. The molecule has 0 unspecified atom stereocenters. The number of carbonyl (C=O) groups is 2. The zero-order chi connectivity index (χ0) is 32.1. The van der Waals surface area contributed by atoms with E-state index in [1.807, 2.05) is 13.8 Å². The highest BCUT2D eigenvalue weighted by molar-refractivity contribution is 6.42. The average molecular weight is 656 g/mol. The second-order valence-corrected chi connectivity index (χ2v) is 11.0. The van der Waals surface area contributed by atoms with E-state index in [1.165, 1.54) is 4.90 Å². The molecule has 0 bridgehead atoms. The van der Waals surface area contributed by atoms with Crippen LogP contribution in [0.2, 0.25) is 10.0 Å². The number of amides is 3. The molecule has 2 saturated heterocycles. The topological polar surface area (TPSA) is 55.9 Å². The van der Waals surface area contributed by atoms with Gasteiger partial charge in [0.25, 0.3) is 0 Å². The fourth-order valence-corrected chi connectivity index (χ4v) is 5.50. The van der Waals surface area contributed by atoms with E-state index in [9.17, 15) is 35.9 Å².